The summed E-state index contributed by atoms with van der Waals surface area (Å²) in [6, 6.07) is 14.9. The number of anilines is 3. The molecular formula is C24H33N5O3S2. The summed E-state index contributed by atoms with van der Waals surface area (Å²) in [5, 5.41) is 5.38. The fraction of sp³-hybridized carbons (Fsp3) is 0.333. The molecule has 2 aromatic carbocycles. The van der Waals surface area contributed by atoms with Crippen LogP contribution in [0.5, 0.6) is 0 Å². The van der Waals surface area contributed by atoms with Gasteiger partial charge in [0.05, 0.1) is 4.90 Å². The number of thiazole rings is 1. The van der Waals surface area contributed by atoms with Gasteiger partial charge < -0.3 is 15.1 Å². The molecule has 0 spiro atoms. The third-order valence-electron chi connectivity index (χ3n) is 5.76. The van der Waals surface area contributed by atoms with E-state index in [1.165, 1.54) is 40.9 Å². The van der Waals surface area contributed by atoms with Gasteiger partial charge >= 0.3 is 0 Å². The van der Waals surface area contributed by atoms with Crippen molar-refractivity contribution in [3.8, 4) is 0 Å². The lowest BCUT2D eigenvalue weighted by Gasteiger charge is -2.30. The minimum Gasteiger partial charge on any atom is -0.369 e. The van der Waals surface area contributed by atoms with E-state index in [1.807, 2.05) is 0 Å². The Balaban J connectivity index is 0.000000264. The number of nitrogens with zero attached hydrogens (tertiary/aromatic N) is 3. The number of hydrogen-bond donors (Lipinski definition) is 2. The second kappa shape index (κ2) is 11.0. The Morgan fingerprint density at radius 1 is 1.06 bits per heavy atom. The number of hydrogen-bond acceptors (Lipinski definition) is 7. The largest absolute Gasteiger partial charge is 0.369 e. The van der Waals surface area contributed by atoms with Gasteiger partial charge in [0, 0.05) is 64.9 Å². The predicted molar refractivity (Wildman–Crippen MR) is 141 cm³/mol. The van der Waals surface area contributed by atoms with Crippen molar-refractivity contribution in [1.82, 2.24) is 10.3 Å². The lowest BCUT2D eigenvalue weighted by Crippen LogP contribution is -2.43. The first-order valence-electron chi connectivity index (χ1n) is 11.3. The monoisotopic (exact) mass is 503 g/mol. The Morgan fingerprint density at radius 2 is 1.79 bits per heavy atom. The molecule has 0 atom stereocenters. The molecule has 2 aliphatic rings. The number of sulfonamides is 1. The van der Waals surface area contributed by atoms with Crippen molar-refractivity contribution in [2.45, 2.75) is 24.7 Å². The van der Waals surface area contributed by atoms with Gasteiger partial charge in [-0.2, -0.15) is 0 Å². The van der Waals surface area contributed by atoms with E-state index in [4.69, 9.17) is 0 Å². The summed E-state index contributed by atoms with van der Waals surface area (Å²) in [5.74, 6) is 0.0755. The number of carbonyl (C=O) groups is 1. The maximum absolute atomic E-state index is 12.2. The Morgan fingerprint density at radius 3 is 2.41 bits per heavy atom. The van der Waals surface area contributed by atoms with Gasteiger partial charge in [0.15, 0.2) is 5.13 Å². The van der Waals surface area contributed by atoms with Crippen LogP contribution >= 0.6 is 11.3 Å². The van der Waals surface area contributed by atoms with Crippen molar-refractivity contribution in [2.24, 2.45) is 0 Å². The zero-order chi connectivity index (χ0) is 24.0. The highest BCUT2D eigenvalue weighted by molar-refractivity contribution is 7.93. The predicted octanol–water partition coefficient (Wildman–Crippen LogP) is 3.97. The van der Waals surface area contributed by atoms with Crippen molar-refractivity contribution in [3.63, 3.8) is 0 Å². The molecule has 0 unspecified atom stereocenters. The molecule has 0 radical (unpaired) electrons. The molecule has 3 aromatic rings. The number of nitrogens with one attached hydrogen (secondary N) is 2. The summed E-state index contributed by atoms with van der Waals surface area (Å²) in [4.78, 5) is 19.8. The topological polar surface area (TPSA) is 94.6 Å². The second-order valence-electron chi connectivity index (χ2n) is 8.11. The molecule has 184 valence electrons. The molecule has 0 aliphatic carbocycles. The van der Waals surface area contributed by atoms with Crippen LogP contribution in [0.1, 0.15) is 21.3 Å². The average molecular weight is 504 g/mol. The first-order valence-corrected chi connectivity index (χ1v) is 13.6. The van der Waals surface area contributed by atoms with Crippen LogP contribution in [0, 0.1) is 6.92 Å². The van der Waals surface area contributed by atoms with Crippen molar-refractivity contribution in [1.29, 1.82) is 0 Å². The quantitative estimate of drug-likeness (QED) is 0.547. The number of para-hydroxylation sites is 1. The van der Waals surface area contributed by atoms with Crippen LogP contribution in [0.2, 0.25) is 0 Å². The zero-order valence-electron chi connectivity index (χ0n) is 19.1. The average Bonchev–Trinajstić information content (AvgIpc) is 3.52. The highest BCUT2D eigenvalue weighted by Gasteiger charge is 2.22. The molecular weight excluding hydrogens is 470 g/mol. The lowest BCUT2D eigenvalue weighted by atomic mass is 10.1. The van der Waals surface area contributed by atoms with E-state index in [-0.39, 0.29) is 13.7 Å². The standard InChI is InChI=1S/C13H13N3O3S2.C11H16N2.2H2/c17-12-2-1-8-16(12)10-3-5-11(6-4-10)21(18,19)15-13-14-7-9-20-13;1-10-4-2-3-5-11(10)13-8-6-12-7-9-13;;/h3-7,9H,1-2,8H2,(H,14,15);2-5,12H,6-9H2,1H3;2*1H. The summed E-state index contributed by atoms with van der Waals surface area (Å²) in [6.45, 7) is 7.33. The minimum absolute atomic E-state index is 0. The van der Waals surface area contributed by atoms with Crippen molar-refractivity contribution < 1.29 is 16.1 Å². The van der Waals surface area contributed by atoms with Crippen molar-refractivity contribution in [2.75, 3.05) is 47.2 Å². The van der Waals surface area contributed by atoms with E-state index in [0.717, 1.165) is 38.3 Å². The first-order chi connectivity index (χ1) is 16.4. The summed E-state index contributed by atoms with van der Waals surface area (Å²) in [6.07, 6.45) is 2.92. The van der Waals surface area contributed by atoms with E-state index in [9.17, 15) is 13.2 Å². The lowest BCUT2D eigenvalue weighted by molar-refractivity contribution is -0.117. The van der Waals surface area contributed by atoms with Crippen LogP contribution in [0.25, 0.3) is 0 Å². The maximum atomic E-state index is 12.2. The number of benzene rings is 2. The van der Waals surface area contributed by atoms with E-state index < -0.39 is 10.0 Å². The third-order valence-corrected chi connectivity index (χ3v) is 7.93. The van der Waals surface area contributed by atoms with Gasteiger partial charge in [0.25, 0.3) is 10.0 Å². The number of piperazine rings is 1. The number of amides is 1. The van der Waals surface area contributed by atoms with Crippen LogP contribution in [-0.4, -0.2) is 52.0 Å². The van der Waals surface area contributed by atoms with Gasteiger partial charge in [-0.25, -0.2) is 13.4 Å². The van der Waals surface area contributed by atoms with Gasteiger partial charge in [0.2, 0.25) is 5.91 Å². The molecule has 34 heavy (non-hydrogen) atoms. The Hall–Kier alpha value is -2.95. The van der Waals surface area contributed by atoms with E-state index >= 15 is 0 Å². The summed E-state index contributed by atoms with van der Waals surface area (Å²) >= 11 is 1.21. The second-order valence-corrected chi connectivity index (χ2v) is 10.7. The maximum Gasteiger partial charge on any atom is 0.263 e. The molecule has 2 saturated heterocycles. The molecule has 1 amide bonds. The number of aromatic nitrogens is 1. The fourth-order valence-electron chi connectivity index (χ4n) is 4.00. The molecule has 1 aromatic heterocycles. The Bertz CT molecular complexity index is 1200. The van der Waals surface area contributed by atoms with Gasteiger partial charge in [0.1, 0.15) is 0 Å². The van der Waals surface area contributed by atoms with E-state index in [0.29, 0.717) is 18.1 Å². The normalized spacial score (nSPS) is 16.2. The molecule has 5 rings (SSSR count). The third kappa shape index (κ3) is 5.94. The molecule has 0 bridgehead atoms. The molecule has 2 fully saturated rings. The van der Waals surface area contributed by atoms with Gasteiger partial charge in [-0.15, -0.1) is 11.3 Å². The minimum atomic E-state index is -3.64. The van der Waals surface area contributed by atoms with Crippen LogP contribution in [0.3, 0.4) is 0 Å². The van der Waals surface area contributed by atoms with Crippen LogP contribution in [0.4, 0.5) is 16.5 Å². The van der Waals surface area contributed by atoms with Crippen LogP contribution < -0.4 is 19.8 Å². The SMILES string of the molecule is Cc1ccccc1N1CCNCC1.O=C1CCCN1c1ccc(S(=O)(=O)Nc2nccs2)cc1.[HH].[HH]. The number of rotatable bonds is 5. The number of carbonyl (C=O) groups excluding carboxylic acids is 1. The first kappa shape index (κ1) is 24.2. The van der Waals surface area contributed by atoms with Gasteiger partial charge in [-0.3, -0.25) is 9.52 Å². The highest BCUT2D eigenvalue weighted by atomic mass is 32.2. The fourth-order valence-corrected chi connectivity index (χ4v) is 5.79. The summed E-state index contributed by atoms with van der Waals surface area (Å²) < 4.78 is 26.8. The molecule has 3 heterocycles. The zero-order valence-corrected chi connectivity index (χ0v) is 20.7. The molecule has 2 aliphatic heterocycles. The number of aryl methyl sites for hydroxylation is 1. The summed E-state index contributed by atoms with van der Waals surface area (Å²) in [5.41, 5.74) is 3.50. The molecule has 10 heteroatoms. The van der Waals surface area contributed by atoms with Crippen LogP contribution in [0.15, 0.2) is 65.0 Å². The van der Waals surface area contributed by atoms with Crippen LogP contribution in [-0.2, 0) is 14.8 Å². The van der Waals surface area contributed by atoms with E-state index in [1.54, 1.807) is 22.4 Å². The molecule has 8 nitrogen and oxygen atoms in total. The molecule has 2 N–H and O–H groups in total. The smallest absolute Gasteiger partial charge is 0.263 e. The van der Waals surface area contributed by atoms with Crippen molar-refractivity contribution in [3.05, 3.63) is 65.7 Å². The van der Waals surface area contributed by atoms with Gasteiger partial charge in [-0.05, 0) is 49.2 Å². The van der Waals surface area contributed by atoms with Crippen molar-refractivity contribution >= 4 is 43.8 Å². The van der Waals surface area contributed by atoms with E-state index in [2.05, 4.69) is 51.1 Å². The summed E-state index contributed by atoms with van der Waals surface area (Å²) in [7, 11) is -3.64. The highest BCUT2D eigenvalue weighted by Crippen LogP contribution is 2.24. The van der Waals surface area contributed by atoms with Gasteiger partial charge in [-0.1, -0.05) is 18.2 Å². The molecule has 0 saturated carbocycles. The Labute approximate surface area is 207 Å². The Kier molecular flexibility index (Phi) is 7.81.